The van der Waals surface area contributed by atoms with Gasteiger partial charge in [-0.3, -0.25) is 18.4 Å². The second-order valence-corrected chi connectivity index (χ2v) is 14.0. The van der Waals surface area contributed by atoms with Crippen molar-refractivity contribution < 1.29 is 38.5 Å². The molecule has 1 aliphatic heterocycles. The third kappa shape index (κ3) is 9.84. The fourth-order valence-electron chi connectivity index (χ4n) is 4.11. The molecule has 13 nitrogen and oxygen atoms in total. The van der Waals surface area contributed by atoms with Gasteiger partial charge in [0.2, 0.25) is 0 Å². The molecule has 1 fully saturated rings. The second kappa shape index (κ2) is 16.5. The first kappa shape index (κ1) is 35.8. The number of anilines is 1. The third-order valence-corrected chi connectivity index (χ3v) is 10.2. The summed E-state index contributed by atoms with van der Waals surface area (Å²) in [6, 6.07) is 1.42. The van der Waals surface area contributed by atoms with Crippen molar-refractivity contribution in [2.45, 2.75) is 84.8 Å². The molecule has 0 bridgehead atoms. The number of hydrogen-bond acceptors (Lipinski definition) is 12. The van der Waals surface area contributed by atoms with Crippen LogP contribution in [0.2, 0.25) is 0 Å². The minimum Gasteiger partial charge on any atom is -0.395 e. The SMILES string of the molecule is CCCCN(CCCC)P(=O)(OCCSC(=O)C(C)(C)CO)OC[C@H]1O[C@@H](n2ccc(N)nc2=O)C(C)[C@@H](O)[C@H]1O. The molecule has 1 aromatic rings. The van der Waals surface area contributed by atoms with Crippen LogP contribution in [-0.4, -0.2) is 91.6 Å². The van der Waals surface area contributed by atoms with Crippen molar-refractivity contribution in [2.75, 3.05) is 44.4 Å². The average molecular weight is 623 g/mol. The molecule has 0 aliphatic carbocycles. The number of ether oxygens (including phenoxy) is 1. The Morgan fingerprint density at radius 2 is 1.85 bits per heavy atom. The van der Waals surface area contributed by atoms with E-state index in [1.165, 1.54) is 16.8 Å². The van der Waals surface area contributed by atoms with E-state index < -0.39 is 55.9 Å². The molecule has 0 saturated carbocycles. The molecule has 15 heteroatoms. The van der Waals surface area contributed by atoms with E-state index >= 15 is 0 Å². The van der Waals surface area contributed by atoms with E-state index in [2.05, 4.69) is 4.98 Å². The summed E-state index contributed by atoms with van der Waals surface area (Å²) in [4.78, 5) is 28.6. The maximum Gasteiger partial charge on any atom is 0.408 e. The van der Waals surface area contributed by atoms with Crippen molar-refractivity contribution in [3.05, 3.63) is 22.7 Å². The highest BCUT2D eigenvalue weighted by Gasteiger charge is 2.45. The highest BCUT2D eigenvalue weighted by molar-refractivity contribution is 8.13. The van der Waals surface area contributed by atoms with Gasteiger partial charge in [0.25, 0.3) is 0 Å². The Balaban J connectivity index is 2.23. The molecular weight excluding hydrogens is 575 g/mol. The lowest BCUT2D eigenvalue weighted by Gasteiger charge is -2.42. The van der Waals surface area contributed by atoms with Crippen molar-refractivity contribution >= 4 is 30.4 Å². The van der Waals surface area contributed by atoms with Gasteiger partial charge in [-0.1, -0.05) is 45.4 Å². The van der Waals surface area contributed by atoms with Gasteiger partial charge in [0.1, 0.15) is 24.3 Å². The Labute approximate surface area is 246 Å². The number of nitrogens with zero attached hydrogens (tertiary/aromatic N) is 3. The number of aliphatic hydroxyl groups is 3. The highest BCUT2D eigenvalue weighted by Crippen LogP contribution is 2.53. The van der Waals surface area contributed by atoms with Crippen molar-refractivity contribution in [3.8, 4) is 0 Å². The fourth-order valence-corrected chi connectivity index (χ4v) is 6.87. The average Bonchev–Trinajstić information content (AvgIpc) is 2.94. The van der Waals surface area contributed by atoms with E-state index in [9.17, 15) is 29.5 Å². The van der Waals surface area contributed by atoms with Crippen LogP contribution in [0.4, 0.5) is 5.82 Å². The van der Waals surface area contributed by atoms with Gasteiger partial charge in [0.05, 0.1) is 31.3 Å². The van der Waals surface area contributed by atoms with Crippen LogP contribution in [0.15, 0.2) is 17.1 Å². The monoisotopic (exact) mass is 622 g/mol. The largest absolute Gasteiger partial charge is 0.408 e. The van der Waals surface area contributed by atoms with Gasteiger partial charge in [-0.15, -0.1) is 0 Å². The Hall–Kier alpha value is -1.35. The summed E-state index contributed by atoms with van der Waals surface area (Å²) in [7, 11) is -3.94. The molecule has 236 valence electrons. The standard InChI is InChI=1S/C26H47N4O9PS/c1-6-8-11-29(12-9-7-2)40(36,37-14-15-41-24(34)26(4,5)17-31)38-16-19-22(33)21(32)18(3)23(39-19)30-13-10-20(27)28-25(30)35/h10,13,18-19,21-23,31-33H,6-9,11-12,14-17H2,1-5H3,(H2,27,28,35)/t18?,19-,21-,22+,23-,40?/m1/s1. The Morgan fingerprint density at radius 1 is 1.22 bits per heavy atom. The van der Waals surface area contributed by atoms with Crippen LogP contribution < -0.4 is 11.4 Å². The number of nitrogen functional groups attached to an aromatic ring is 1. The summed E-state index contributed by atoms with van der Waals surface area (Å²) < 4.78 is 34.8. The topological polar surface area (TPSA) is 187 Å². The zero-order valence-corrected chi connectivity index (χ0v) is 26.4. The van der Waals surface area contributed by atoms with E-state index in [0.29, 0.717) is 13.1 Å². The molecule has 1 aliphatic rings. The maximum atomic E-state index is 14.2. The van der Waals surface area contributed by atoms with Crippen LogP contribution in [0.5, 0.6) is 0 Å². The van der Waals surface area contributed by atoms with Crippen LogP contribution >= 0.6 is 19.5 Å². The Morgan fingerprint density at radius 3 is 2.41 bits per heavy atom. The van der Waals surface area contributed by atoms with Gasteiger partial charge >= 0.3 is 13.4 Å². The smallest absolute Gasteiger partial charge is 0.395 e. The number of nitrogens with two attached hydrogens (primary N) is 1. The van der Waals surface area contributed by atoms with Crippen LogP contribution in [-0.2, 0) is 23.1 Å². The number of aromatic nitrogens is 2. The van der Waals surface area contributed by atoms with Crippen LogP contribution in [0, 0.1) is 11.3 Å². The van der Waals surface area contributed by atoms with Crippen LogP contribution in [0.3, 0.4) is 0 Å². The van der Waals surface area contributed by atoms with Crippen LogP contribution in [0.25, 0.3) is 0 Å². The van der Waals surface area contributed by atoms with Crippen molar-refractivity contribution in [3.63, 3.8) is 0 Å². The van der Waals surface area contributed by atoms with Gasteiger partial charge in [0, 0.05) is 31.0 Å². The summed E-state index contributed by atoms with van der Waals surface area (Å²) in [5.74, 6) is -0.457. The minimum atomic E-state index is -3.94. The van der Waals surface area contributed by atoms with Crippen LogP contribution in [0.1, 0.15) is 66.5 Å². The summed E-state index contributed by atoms with van der Waals surface area (Å²) in [6.07, 6.45) is -0.214. The molecule has 1 saturated heterocycles. The van der Waals surface area contributed by atoms with E-state index in [1.54, 1.807) is 25.4 Å². The first-order valence-corrected chi connectivity index (χ1v) is 16.6. The molecule has 2 unspecified atom stereocenters. The first-order chi connectivity index (χ1) is 19.3. The number of hydrogen-bond donors (Lipinski definition) is 4. The number of rotatable bonds is 17. The normalized spacial score (nSPS) is 24.9. The fraction of sp³-hybridized carbons (Fsp3) is 0.808. The molecule has 0 spiro atoms. The quantitative estimate of drug-likeness (QED) is 0.147. The lowest BCUT2D eigenvalue weighted by molar-refractivity contribution is -0.227. The number of unbranched alkanes of at least 4 members (excludes halogenated alkanes) is 2. The van der Waals surface area contributed by atoms with Crippen molar-refractivity contribution in [2.24, 2.45) is 11.3 Å². The maximum absolute atomic E-state index is 14.2. The predicted octanol–water partition coefficient (Wildman–Crippen LogP) is 2.40. The van der Waals surface area contributed by atoms with Gasteiger partial charge in [-0.05, 0) is 32.8 Å². The van der Waals surface area contributed by atoms with Crippen molar-refractivity contribution in [1.29, 1.82) is 0 Å². The molecular formula is C26H47N4O9PS. The number of thioether (sulfide) groups is 1. The number of carbonyl (C=O) groups excluding carboxylic acids is 1. The second-order valence-electron chi connectivity index (χ2n) is 10.9. The molecule has 2 heterocycles. The summed E-state index contributed by atoms with van der Waals surface area (Å²) in [6.45, 7) is 9.07. The lowest BCUT2D eigenvalue weighted by Crippen LogP contribution is -2.54. The molecule has 6 atom stereocenters. The van der Waals surface area contributed by atoms with Gasteiger partial charge in [0.15, 0.2) is 5.12 Å². The predicted molar refractivity (Wildman–Crippen MR) is 157 cm³/mol. The molecule has 0 aromatic carbocycles. The van der Waals surface area contributed by atoms with Gasteiger partial charge < -0.3 is 25.8 Å². The van der Waals surface area contributed by atoms with Gasteiger partial charge in [-0.25, -0.2) is 14.0 Å². The number of aliphatic hydroxyl groups excluding tert-OH is 3. The molecule has 0 radical (unpaired) electrons. The highest BCUT2D eigenvalue weighted by atomic mass is 32.2. The summed E-state index contributed by atoms with van der Waals surface area (Å²) >= 11 is 0.979. The van der Waals surface area contributed by atoms with Gasteiger partial charge in [-0.2, -0.15) is 4.98 Å². The van der Waals surface area contributed by atoms with E-state index in [0.717, 1.165) is 37.4 Å². The van der Waals surface area contributed by atoms with E-state index in [-0.39, 0.29) is 29.9 Å². The zero-order valence-electron chi connectivity index (χ0n) is 24.7. The molecule has 41 heavy (non-hydrogen) atoms. The molecule has 1 aromatic heterocycles. The summed E-state index contributed by atoms with van der Waals surface area (Å²) in [5, 5.41) is 30.8. The lowest BCUT2D eigenvalue weighted by atomic mass is 9.91. The third-order valence-electron chi connectivity index (χ3n) is 6.97. The summed E-state index contributed by atoms with van der Waals surface area (Å²) in [5.41, 5.74) is 4.01. The Kier molecular flexibility index (Phi) is 14.4. The first-order valence-electron chi connectivity index (χ1n) is 14.1. The number of carbonyl (C=O) groups is 1. The van der Waals surface area contributed by atoms with E-state index in [1.807, 2.05) is 13.8 Å². The molecule has 5 N–H and O–H groups in total. The molecule has 0 amide bonds. The zero-order chi connectivity index (χ0) is 30.8. The molecule has 2 rings (SSSR count). The van der Waals surface area contributed by atoms with Crippen molar-refractivity contribution in [1.82, 2.24) is 14.2 Å². The minimum absolute atomic E-state index is 0.0345. The Bertz CT molecular complexity index is 1070. The van der Waals surface area contributed by atoms with E-state index in [4.69, 9.17) is 19.5 Å².